The Kier molecular flexibility index (Phi) is 6.31. The van der Waals surface area contributed by atoms with Gasteiger partial charge < -0.3 is 4.74 Å². The number of hydrogen-bond acceptors (Lipinski definition) is 3. The summed E-state index contributed by atoms with van der Waals surface area (Å²) in [4.78, 5) is 4.42. The van der Waals surface area contributed by atoms with E-state index in [2.05, 4.69) is 33.0 Å². The Labute approximate surface area is 130 Å². The number of alkyl halides is 1. The van der Waals surface area contributed by atoms with Crippen molar-refractivity contribution in [3.8, 4) is 0 Å². The lowest BCUT2D eigenvalue weighted by atomic mass is 10.2. The van der Waals surface area contributed by atoms with Crippen LogP contribution in [0.1, 0.15) is 22.7 Å². The Balaban J connectivity index is 1.63. The molecule has 0 N–H and O–H groups in total. The lowest BCUT2D eigenvalue weighted by Gasteiger charge is -2.03. The molecule has 0 aliphatic heterocycles. The number of halogens is 2. The summed E-state index contributed by atoms with van der Waals surface area (Å²) in [5, 5.41) is 3.16. The monoisotopic (exact) mass is 359 g/mol. The van der Waals surface area contributed by atoms with Crippen LogP contribution in [0, 0.1) is 0 Å². The van der Waals surface area contributed by atoms with Gasteiger partial charge in [0.05, 0.1) is 23.2 Å². The summed E-state index contributed by atoms with van der Waals surface area (Å²) in [6.45, 7) is 1.42. The molecule has 102 valence electrons. The summed E-state index contributed by atoms with van der Waals surface area (Å²) < 4.78 is 6.74. The maximum Gasteiger partial charge on any atom is 0.0929 e. The second kappa shape index (κ2) is 8.00. The Morgan fingerprint density at radius 2 is 2.05 bits per heavy atom. The molecule has 5 heteroatoms. The van der Waals surface area contributed by atoms with Crippen LogP contribution in [0.2, 0.25) is 0 Å². The van der Waals surface area contributed by atoms with Crippen molar-refractivity contribution >= 4 is 38.9 Å². The van der Waals surface area contributed by atoms with Crippen molar-refractivity contribution in [2.45, 2.75) is 25.3 Å². The van der Waals surface area contributed by atoms with Crippen LogP contribution < -0.4 is 0 Å². The van der Waals surface area contributed by atoms with Crippen LogP contribution in [0.15, 0.2) is 34.1 Å². The van der Waals surface area contributed by atoms with Gasteiger partial charge in [-0.25, -0.2) is 4.98 Å². The Hall–Kier alpha value is -0.420. The van der Waals surface area contributed by atoms with Crippen molar-refractivity contribution in [2.75, 3.05) is 6.61 Å². The number of rotatable bonds is 7. The predicted molar refractivity (Wildman–Crippen MR) is 83.8 cm³/mol. The number of hydrogen-bond donors (Lipinski definition) is 0. The molecule has 0 amide bonds. The van der Waals surface area contributed by atoms with E-state index in [9.17, 15) is 0 Å². The highest BCUT2D eigenvalue weighted by atomic mass is 79.9. The fourth-order valence-electron chi connectivity index (χ4n) is 1.62. The van der Waals surface area contributed by atoms with Gasteiger partial charge >= 0.3 is 0 Å². The summed E-state index contributed by atoms with van der Waals surface area (Å²) >= 11 is 10.8. The molecule has 1 heterocycles. The number of aryl methyl sites for hydroxylation is 1. The highest BCUT2D eigenvalue weighted by Gasteiger charge is 2.01. The van der Waals surface area contributed by atoms with Gasteiger partial charge in [-0.05, 0) is 24.1 Å². The number of aromatic nitrogens is 1. The van der Waals surface area contributed by atoms with Gasteiger partial charge in [0, 0.05) is 22.9 Å². The van der Waals surface area contributed by atoms with Crippen LogP contribution in [0.5, 0.6) is 0 Å². The molecular weight excluding hydrogens is 346 g/mol. The second-order valence-electron chi connectivity index (χ2n) is 4.15. The summed E-state index contributed by atoms with van der Waals surface area (Å²) in [6, 6.07) is 8.19. The van der Waals surface area contributed by atoms with Gasteiger partial charge in [0.2, 0.25) is 0 Å². The van der Waals surface area contributed by atoms with Crippen LogP contribution in [-0.4, -0.2) is 11.6 Å². The van der Waals surface area contributed by atoms with E-state index in [1.54, 1.807) is 11.3 Å². The molecule has 0 fully saturated rings. The van der Waals surface area contributed by atoms with Crippen LogP contribution in [-0.2, 0) is 23.6 Å². The van der Waals surface area contributed by atoms with Gasteiger partial charge in [-0.2, -0.15) is 0 Å². The molecule has 0 spiro atoms. The summed E-state index contributed by atoms with van der Waals surface area (Å²) in [7, 11) is 0. The quantitative estimate of drug-likeness (QED) is 0.523. The maximum atomic E-state index is 5.72. The van der Waals surface area contributed by atoms with Crippen LogP contribution in [0.4, 0.5) is 0 Å². The molecule has 0 radical (unpaired) electrons. The molecule has 1 aromatic carbocycles. The average Bonchev–Trinajstić information content (AvgIpc) is 2.88. The Bertz CT molecular complexity index is 500. The summed E-state index contributed by atoms with van der Waals surface area (Å²) in [5.41, 5.74) is 2.17. The van der Waals surface area contributed by atoms with E-state index in [1.807, 2.05) is 17.5 Å². The largest absolute Gasteiger partial charge is 0.377 e. The molecule has 0 aliphatic carbocycles. The third-order valence-electron chi connectivity index (χ3n) is 2.60. The van der Waals surface area contributed by atoms with Crippen molar-refractivity contribution < 1.29 is 4.74 Å². The zero-order valence-corrected chi connectivity index (χ0v) is 13.6. The molecule has 0 bridgehead atoms. The molecule has 0 aliphatic rings. The number of nitrogens with zero attached hydrogens (tertiary/aromatic N) is 1. The molecule has 2 rings (SSSR count). The first-order valence-electron chi connectivity index (χ1n) is 6.09. The third kappa shape index (κ3) is 5.22. The van der Waals surface area contributed by atoms with E-state index in [-0.39, 0.29) is 0 Å². The van der Waals surface area contributed by atoms with Gasteiger partial charge in [-0.1, -0.05) is 28.1 Å². The van der Waals surface area contributed by atoms with Crippen LogP contribution in [0.3, 0.4) is 0 Å². The fraction of sp³-hybridized carbons (Fsp3) is 0.357. The summed E-state index contributed by atoms with van der Waals surface area (Å²) in [5.74, 6) is 0.497. The number of benzene rings is 1. The first-order valence-corrected chi connectivity index (χ1v) is 8.30. The molecule has 1 aromatic heterocycles. The lowest BCUT2D eigenvalue weighted by molar-refractivity contribution is 0.118. The first kappa shape index (κ1) is 15.0. The molecule has 19 heavy (non-hydrogen) atoms. The van der Waals surface area contributed by atoms with Gasteiger partial charge in [-0.15, -0.1) is 22.9 Å². The van der Waals surface area contributed by atoms with E-state index in [4.69, 9.17) is 16.3 Å². The molecule has 0 atom stereocenters. The molecule has 0 saturated carbocycles. The van der Waals surface area contributed by atoms with Gasteiger partial charge in [0.25, 0.3) is 0 Å². The minimum absolute atomic E-state index is 0.497. The highest BCUT2D eigenvalue weighted by molar-refractivity contribution is 9.10. The minimum Gasteiger partial charge on any atom is -0.377 e. The summed E-state index contributed by atoms with van der Waals surface area (Å²) in [6.07, 6.45) is 1.95. The second-order valence-corrected chi connectivity index (χ2v) is 6.27. The van der Waals surface area contributed by atoms with E-state index in [0.29, 0.717) is 12.5 Å². The number of thiazole rings is 1. The normalized spacial score (nSPS) is 10.8. The maximum absolute atomic E-state index is 5.72. The van der Waals surface area contributed by atoms with Crippen molar-refractivity contribution in [3.63, 3.8) is 0 Å². The van der Waals surface area contributed by atoms with Crippen molar-refractivity contribution in [1.29, 1.82) is 0 Å². The van der Waals surface area contributed by atoms with E-state index >= 15 is 0 Å². The van der Waals surface area contributed by atoms with Crippen LogP contribution in [0.25, 0.3) is 0 Å². The minimum atomic E-state index is 0.497. The zero-order chi connectivity index (χ0) is 13.5. The van der Waals surface area contributed by atoms with Crippen molar-refractivity contribution in [1.82, 2.24) is 4.98 Å². The smallest absolute Gasteiger partial charge is 0.0929 e. The molecule has 0 unspecified atom stereocenters. The van der Waals surface area contributed by atoms with E-state index in [0.717, 1.165) is 34.6 Å². The number of ether oxygens (including phenoxy) is 1. The van der Waals surface area contributed by atoms with Crippen molar-refractivity contribution in [2.24, 2.45) is 0 Å². The van der Waals surface area contributed by atoms with Crippen molar-refractivity contribution in [3.05, 3.63) is 50.4 Å². The zero-order valence-electron chi connectivity index (χ0n) is 10.4. The van der Waals surface area contributed by atoms with E-state index in [1.165, 1.54) is 5.56 Å². The lowest BCUT2D eigenvalue weighted by Crippen LogP contribution is -1.97. The standard InChI is InChI=1S/C14H15BrClNOS/c15-12-5-3-11(4-6-12)9-18-7-1-2-14-17-13(8-16)10-19-14/h3-6,10H,1-2,7-9H2. The first-order chi connectivity index (χ1) is 9.28. The highest BCUT2D eigenvalue weighted by Crippen LogP contribution is 2.14. The fourth-order valence-corrected chi connectivity index (χ4v) is 2.95. The SMILES string of the molecule is ClCc1csc(CCCOCc2ccc(Br)cc2)n1. The molecule has 2 aromatic rings. The molecule has 0 saturated heterocycles. The molecule has 2 nitrogen and oxygen atoms in total. The predicted octanol–water partition coefficient (Wildman–Crippen LogP) is 4.79. The third-order valence-corrected chi connectivity index (χ3v) is 4.36. The Morgan fingerprint density at radius 1 is 1.26 bits per heavy atom. The van der Waals surface area contributed by atoms with Gasteiger partial charge in [0.1, 0.15) is 0 Å². The van der Waals surface area contributed by atoms with Crippen LogP contribution >= 0.6 is 38.9 Å². The Morgan fingerprint density at radius 3 is 2.74 bits per heavy atom. The van der Waals surface area contributed by atoms with E-state index < -0.39 is 0 Å². The molecular formula is C14H15BrClNOS. The topological polar surface area (TPSA) is 22.1 Å². The van der Waals surface area contributed by atoms with Gasteiger partial charge in [0.15, 0.2) is 0 Å². The van der Waals surface area contributed by atoms with Gasteiger partial charge in [-0.3, -0.25) is 0 Å². The average molecular weight is 361 g/mol.